The Labute approximate surface area is 111 Å². The van der Waals surface area contributed by atoms with Crippen molar-refractivity contribution < 1.29 is 4.74 Å². The van der Waals surface area contributed by atoms with Crippen LogP contribution < -0.4 is 4.74 Å². The molecule has 0 saturated carbocycles. The Hall–Kier alpha value is -1.92. The van der Waals surface area contributed by atoms with Crippen LogP contribution in [0.1, 0.15) is 11.1 Å². The highest BCUT2D eigenvalue weighted by molar-refractivity contribution is 7.98. The molecule has 3 heteroatoms. The van der Waals surface area contributed by atoms with Gasteiger partial charge in [-0.1, -0.05) is 18.2 Å². The monoisotopic (exact) mass is 255 g/mol. The lowest BCUT2D eigenvalue weighted by Crippen LogP contribution is -1.90. The number of hydrogen-bond donors (Lipinski definition) is 0. The predicted molar refractivity (Wildman–Crippen MR) is 74.2 cm³/mol. The quantitative estimate of drug-likeness (QED) is 0.763. The maximum absolute atomic E-state index is 9.11. The molecule has 0 fully saturated rings. The van der Waals surface area contributed by atoms with Crippen molar-refractivity contribution in [3.05, 3.63) is 53.6 Å². The number of nitrogens with zero attached hydrogens (tertiary/aromatic N) is 1. The predicted octanol–water partition coefficient (Wildman–Crippen LogP) is 4.38. The van der Waals surface area contributed by atoms with Gasteiger partial charge in [-0.3, -0.25) is 0 Å². The van der Waals surface area contributed by atoms with Crippen LogP contribution in [0.3, 0.4) is 0 Å². The van der Waals surface area contributed by atoms with Gasteiger partial charge in [0.25, 0.3) is 0 Å². The molecule has 0 amide bonds. The summed E-state index contributed by atoms with van der Waals surface area (Å²) in [6.45, 7) is 1.96. The highest BCUT2D eigenvalue weighted by atomic mass is 32.2. The van der Waals surface area contributed by atoms with Crippen LogP contribution in [0.15, 0.2) is 47.4 Å². The van der Waals surface area contributed by atoms with Crippen LogP contribution in [-0.4, -0.2) is 6.26 Å². The molecule has 2 nitrogen and oxygen atoms in total. The van der Waals surface area contributed by atoms with Gasteiger partial charge in [0.2, 0.25) is 0 Å². The van der Waals surface area contributed by atoms with Crippen molar-refractivity contribution in [3.63, 3.8) is 0 Å². The van der Waals surface area contributed by atoms with E-state index in [4.69, 9.17) is 10.00 Å². The summed E-state index contributed by atoms with van der Waals surface area (Å²) in [5.74, 6) is 1.38. The summed E-state index contributed by atoms with van der Waals surface area (Å²) in [6, 6.07) is 15.6. The first-order chi connectivity index (χ1) is 8.74. The van der Waals surface area contributed by atoms with Crippen LogP contribution in [0.2, 0.25) is 0 Å². The van der Waals surface area contributed by atoms with Gasteiger partial charge < -0.3 is 4.74 Å². The average Bonchev–Trinajstić information content (AvgIpc) is 2.41. The second-order valence-corrected chi connectivity index (χ2v) is 4.71. The van der Waals surface area contributed by atoms with Crippen LogP contribution in [0, 0.1) is 18.3 Å². The number of nitriles is 1. The van der Waals surface area contributed by atoms with Crippen LogP contribution in [0.25, 0.3) is 0 Å². The van der Waals surface area contributed by atoms with Gasteiger partial charge in [0.15, 0.2) is 0 Å². The molecule has 0 atom stereocenters. The third kappa shape index (κ3) is 2.66. The molecule has 2 rings (SSSR count). The molecule has 0 aromatic heterocycles. The summed E-state index contributed by atoms with van der Waals surface area (Å²) in [7, 11) is 0. The van der Waals surface area contributed by atoms with Gasteiger partial charge in [-0.2, -0.15) is 5.26 Å². The number of para-hydroxylation sites is 1. The molecule has 0 spiro atoms. The van der Waals surface area contributed by atoms with Gasteiger partial charge in [-0.25, -0.2) is 0 Å². The molecule has 90 valence electrons. The minimum absolute atomic E-state index is 0.561. The fraction of sp³-hybridized carbons (Fsp3) is 0.133. The zero-order valence-corrected chi connectivity index (χ0v) is 11.1. The molecule has 18 heavy (non-hydrogen) atoms. The summed E-state index contributed by atoms with van der Waals surface area (Å²) in [5, 5.41) is 9.11. The van der Waals surface area contributed by atoms with Crippen molar-refractivity contribution in [1.29, 1.82) is 5.26 Å². The summed E-state index contributed by atoms with van der Waals surface area (Å²) in [4.78, 5) is 1.06. The number of benzene rings is 2. The van der Waals surface area contributed by atoms with Gasteiger partial charge >= 0.3 is 0 Å². The summed E-state index contributed by atoms with van der Waals surface area (Å²) >= 11 is 1.62. The third-order valence-corrected chi connectivity index (χ3v) is 3.32. The average molecular weight is 255 g/mol. The Morgan fingerprint density at radius 3 is 2.61 bits per heavy atom. The fourth-order valence-corrected chi connectivity index (χ4v) is 2.17. The van der Waals surface area contributed by atoms with Gasteiger partial charge in [-0.15, -0.1) is 11.8 Å². The summed E-state index contributed by atoms with van der Waals surface area (Å²) in [5.41, 5.74) is 1.61. The number of rotatable bonds is 3. The standard InChI is InChI=1S/C15H13NOS/c1-11-7-8-13(12(9-11)10-16)17-14-5-3-4-6-15(14)18-2/h3-9H,1-2H3. The molecular formula is C15H13NOS. The maximum Gasteiger partial charge on any atom is 0.145 e. The normalized spacial score (nSPS) is 9.83. The number of ether oxygens (including phenoxy) is 1. The van der Waals surface area contributed by atoms with E-state index in [0.717, 1.165) is 16.2 Å². The minimum atomic E-state index is 0.561. The third-order valence-electron chi connectivity index (χ3n) is 2.54. The summed E-state index contributed by atoms with van der Waals surface area (Å²) in [6.07, 6.45) is 2.00. The summed E-state index contributed by atoms with van der Waals surface area (Å²) < 4.78 is 5.83. The van der Waals surface area contributed by atoms with Gasteiger partial charge in [-0.05, 0) is 43.0 Å². The molecule has 0 saturated heterocycles. The van der Waals surface area contributed by atoms with Crippen LogP contribution in [0.4, 0.5) is 0 Å². The zero-order valence-electron chi connectivity index (χ0n) is 10.3. The largest absolute Gasteiger partial charge is 0.455 e. The van der Waals surface area contributed by atoms with E-state index in [9.17, 15) is 0 Å². The second-order valence-electron chi connectivity index (χ2n) is 3.86. The smallest absolute Gasteiger partial charge is 0.145 e. The molecular weight excluding hydrogens is 242 g/mol. The van der Waals surface area contributed by atoms with E-state index >= 15 is 0 Å². The van der Waals surface area contributed by atoms with Crippen LogP contribution in [0.5, 0.6) is 11.5 Å². The second kappa shape index (κ2) is 5.61. The topological polar surface area (TPSA) is 33.0 Å². The number of aryl methyl sites for hydroxylation is 1. The maximum atomic E-state index is 9.11. The number of thioether (sulfide) groups is 1. The molecule has 0 bridgehead atoms. The Morgan fingerprint density at radius 2 is 1.89 bits per heavy atom. The molecule has 0 radical (unpaired) electrons. The highest BCUT2D eigenvalue weighted by Gasteiger charge is 2.07. The van der Waals surface area contributed by atoms with Crippen molar-refractivity contribution in [2.45, 2.75) is 11.8 Å². The lowest BCUT2D eigenvalue weighted by Gasteiger charge is -2.10. The van der Waals surface area contributed by atoms with E-state index < -0.39 is 0 Å². The first-order valence-electron chi connectivity index (χ1n) is 5.56. The molecule has 0 aliphatic carbocycles. The van der Waals surface area contributed by atoms with Crippen molar-refractivity contribution in [2.75, 3.05) is 6.26 Å². The van der Waals surface area contributed by atoms with E-state index in [1.165, 1.54) is 0 Å². The first-order valence-corrected chi connectivity index (χ1v) is 6.78. The Bertz CT molecular complexity index is 602. The number of hydrogen-bond acceptors (Lipinski definition) is 3. The Kier molecular flexibility index (Phi) is 3.91. The molecule has 2 aromatic carbocycles. The molecule has 0 aliphatic rings. The fourth-order valence-electron chi connectivity index (χ4n) is 1.64. The van der Waals surface area contributed by atoms with E-state index in [1.54, 1.807) is 11.8 Å². The lowest BCUT2D eigenvalue weighted by atomic mass is 10.1. The van der Waals surface area contributed by atoms with E-state index in [-0.39, 0.29) is 0 Å². The van der Waals surface area contributed by atoms with E-state index in [0.29, 0.717) is 11.3 Å². The zero-order chi connectivity index (χ0) is 13.0. The van der Waals surface area contributed by atoms with Crippen molar-refractivity contribution in [1.82, 2.24) is 0 Å². The van der Waals surface area contributed by atoms with Crippen molar-refractivity contribution >= 4 is 11.8 Å². The van der Waals surface area contributed by atoms with Gasteiger partial charge in [0, 0.05) is 4.90 Å². The SMILES string of the molecule is CSc1ccccc1Oc1ccc(C)cc1C#N. The molecule has 0 aliphatic heterocycles. The van der Waals surface area contributed by atoms with Crippen molar-refractivity contribution in [3.8, 4) is 17.6 Å². The van der Waals surface area contributed by atoms with Gasteiger partial charge in [0.05, 0.1) is 5.56 Å². The van der Waals surface area contributed by atoms with E-state index in [2.05, 4.69) is 6.07 Å². The van der Waals surface area contributed by atoms with Gasteiger partial charge in [0.1, 0.15) is 17.6 Å². The van der Waals surface area contributed by atoms with Crippen molar-refractivity contribution in [2.24, 2.45) is 0 Å². The molecule has 0 N–H and O–H groups in total. The van der Waals surface area contributed by atoms with Crippen LogP contribution >= 0.6 is 11.8 Å². The Morgan fingerprint density at radius 1 is 1.11 bits per heavy atom. The molecule has 2 aromatic rings. The van der Waals surface area contributed by atoms with E-state index in [1.807, 2.05) is 55.6 Å². The lowest BCUT2D eigenvalue weighted by molar-refractivity contribution is 0.469. The minimum Gasteiger partial charge on any atom is -0.455 e. The Balaban J connectivity index is 2.37. The molecule has 0 unspecified atom stereocenters. The highest BCUT2D eigenvalue weighted by Crippen LogP contribution is 2.32. The van der Waals surface area contributed by atoms with Crippen LogP contribution in [-0.2, 0) is 0 Å². The first kappa shape index (κ1) is 12.5. The molecule has 0 heterocycles.